The lowest BCUT2D eigenvalue weighted by Gasteiger charge is -2.53. The number of carbonyl (C=O) groups is 1. The lowest BCUT2D eigenvalue weighted by molar-refractivity contribution is -0.205. The van der Waals surface area contributed by atoms with Gasteiger partial charge in [0.05, 0.1) is 16.1 Å². The van der Waals surface area contributed by atoms with Crippen molar-refractivity contribution in [3.63, 3.8) is 0 Å². The molecular weight excluding hydrogens is 390 g/mol. The monoisotopic (exact) mass is 417 g/mol. The molecule has 0 aromatic carbocycles. The van der Waals surface area contributed by atoms with E-state index in [0.29, 0.717) is 31.6 Å². The second-order valence-electron chi connectivity index (χ2n) is 8.21. The molecule has 2 fully saturated rings. The third-order valence-electron chi connectivity index (χ3n) is 6.09. The summed E-state index contributed by atoms with van der Waals surface area (Å²) in [6.45, 7) is 6.69. The highest BCUT2D eigenvalue weighted by Crippen LogP contribution is 2.40. The lowest BCUT2D eigenvalue weighted by atomic mass is 9.73. The Morgan fingerprint density at radius 3 is 2.72 bits per heavy atom. The van der Waals surface area contributed by atoms with Crippen LogP contribution in [-0.2, 0) is 11.3 Å². The average Bonchev–Trinajstić information content (AvgIpc) is 3.15. The largest absolute Gasteiger partial charge is 0.388 e. The number of hydrogen-bond acceptors (Lipinski definition) is 8. The molecule has 2 aromatic rings. The van der Waals surface area contributed by atoms with E-state index in [1.165, 1.54) is 17.7 Å². The molecule has 2 N–H and O–H groups in total. The summed E-state index contributed by atoms with van der Waals surface area (Å²) in [5.74, 6) is -0.241. The number of aryl methyl sites for hydroxylation is 1. The summed E-state index contributed by atoms with van der Waals surface area (Å²) in [5, 5.41) is 16.9. The van der Waals surface area contributed by atoms with Gasteiger partial charge in [0.2, 0.25) is 0 Å². The van der Waals surface area contributed by atoms with Crippen LogP contribution in [0.25, 0.3) is 0 Å². The van der Waals surface area contributed by atoms with Gasteiger partial charge in [0, 0.05) is 49.6 Å². The van der Waals surface area contributed by atoms with Crippen LogP contribution in [0, 0.1) is 6.92 Å². The fourth-order valence-electron chi connectivity index (χ4n) is 4.36. The minimum absolute atomic E-state index is 0.241. The maximum absolute atomic E-state index is 12.7. The Labute approximate surface area is 174 Å². The number of ether oxygens (including phenoxy) is 1. The van der Waals surface area contributed by atoms with Gasteiger partial charge in [0.1, 0.15) is 18.1 Å². The van der Waals surface area contributed by atoms with Crippen LogP contribution in [0.5, 0.6) is 0 Å². The predicted molar refractivity (Wildman–Crippen MR) is 109 cm³/mol. The van der Waals surface area contributed by atoms with Crippen molar-refractivity contribution >= 4 is 17.2 Å². The first-order chi connectivity index (χ1) is 13.9. The zero-order chi connectivity index (χ0) is 20.5. The van der Waals surface area contributed by atoms with Crippen molar-refractivity contribution in [2.75, 3.05) is 19.7 Å². The van der Waals surface area contributed by atoms with Gasteiger partial charge in [-0.15, -0.1) is 11.3 Å². The highest BCUT2D eigenvalue weighted by molar-refractivity contribution is 7.09. The van der Waals surface area contributed by atoms with Crippen LogP contribution < -0.4 is 5.32 Å². The molecule has 4 rings (SSSR count). The van der Waals surface area contributed by atoms with Crippen LogP contribution in [-0.4, -0.2) is 67.8 Å². The first-order valence-corrected chi connectivity index (χ1v) is 10.8. The zero-order valence-corrected chi connectivity index (χ0v) is 17.6. The number of aromatic nitrogens is 3. The molecule has 2 atom stereocenters. The number of hydrogen-bond donors (Lipinski definition) is 2. The van der Waals surface area contributed by atoms with Gasteiger partial charge in [-0.2, -0.15) is 0 Å². The van der Waals surface area contributed by atoms with Gasteiger partial charge in [0.25, 0.3) is 5.91 Å². The molecule has 1 amide bonds. The van der Waals surface area contributed by atoms with Crippen LogP contribution >= 0.6 is 11.3 Å². The quantitative estimate of drug-likeness (QED) is 0.778. The normalized spacial score (nSPS) is 27.1. The van der Waals surface area contributed by atoms with Gasteiger partial charge < -0.3 is 15.2 Å². The van der Waals surface area contributed by atoms with Crippen LogP contribution in [0.3, 0.4) is 0 Å². The van der Waals surface area contributed by atoms with Crippen molar-refractivity contribution in [1.29, 1.82) is 0 Å². The first-order valence-electron chi connectivity index (χ1n) is 9.93. The Hall–Kier alpha value is -1.94. The minimum Gasteiger partial charge on any atom is -0.388 e. The molecule has 1 spiro atoms. The molecule has 29 heavy (non-hydrogen) atoms. The highest BCUT2D eigenvalue weighted by atomic mass is 32.1. The summed E-state index contributed by atoms with van der Waals surface area (Å²) < 4.78 is 6.14. The van der Waals surface area contributed by atoms with E-state index >= 15 is 0 Å². The van der Waals surface area contributed by atoms with Crippen molar-refractivity contribution in [2.45, 2.75) is 56.9 Å². The Kier molecular flexibility index (Phi) is 5.65. The van der Waals surface area contributed by atoms with E-state index < -0.39 is 17.2 Å². The van der Waals surface area contributed by atoms with Crippen LogP contribution in [0.1, 0.15) is 47.2 Å². The number of amides is 1. The number of nitrogens with zero attached hydrogens (tertiary/aromatic N) is 4. The highest BCUT2D eigenvalue weighted by Gasteiger charge is 2.53. The Morgan fingerprint density at radius 2 is 2.07 bits per heavy atom. The van der Waals surface area contributed by atoms with E-state index in [4.69, 9.17) is 4.74 Å². The molecule has 0 unspecified atom stereocenters. The average molecular weight is 418 g/mol. The van der Waals surface area contributed by atoms with Gasteiger partial charge >= 0.3 is 0 Å². The maximum atomic E-state index is 12.7. The Bertz CT molecular complexity index is 853. The fourth-order valence-corrected chi connectivity index (χ4v) is 4.95. The van der Waals surface area contributed by atoms with E-state index in [9.17, 15) is 9.90 Å². The Balaban J connectivity index is 1.41. The van der Waals surface area contributed by atoms with E-state index in [-0.39, 0.29) is 5.91 Å². The van der Waals surface area contributed by atoms with E-state index in [2.05, 4.69) is 25.2 Å². The van der Waals surface area contributed by atoms with Gasteiger partial charge in [-0.1, -0.05) is 0 Å². The van der Waals surface area contributed by atoms with Crippen LogP contribution in [0.15, 0.2) is 24.1 Å². The molecule has 2 saturated heterocycles. The van der Waals surface area contributed by atoms with Crippen molar-refractivity contribution in [1.82, 2.24) is 25.2 Å². The lowest BCUT2D eigenvalue weighted by Crippen LogP contribution is -2.69. The summed E-state index contributed by atoms with van der Waals surface area (Å²) in [6.07, 6.45) is 6.40. The number of carbonyl (C=O) groups excluding carboxylic acids is 1. The fraction of sp³-hybridized carbons (Fsp3) is 0.600. The number of aliphatic hydroxyl groups is 1. The molecule has 9 heteroatoms. The Morgan fingerprint density at radius 1 is 1.34 bits per heavy atom. The van der Waals surface area contributed by atoms with E-state index in [0.717, 1.165) is 30.2 Å². The molecule has 0 bridgehead atoms. The number of rotatable bonds is 4. The second-order valence-corrected chi connectivity index (χ2v) is 9.27. The molecule has 0 aliphatic carbocycles. The maximum Gasteiger partial charge on any atom is 0.271 e. The first kappa shape index (κ1) is 20.3. The number of aliphatic hydroxyl groups excluding tert-OH is 1. The molecule has 8 nitrogen and oxygen atoms in total. The topological polar surface area (TPSA) is 100 Å². The summed E-state index contributed by atoms with van der Waals surface area (Å²) >= 11 is 1.44. The number of piperidine rings is 1. The molecule has 0 radical (unpaired) electrons. The third kappa shape index (κ3) is 4.18. The smallest absolute Gasteiger partial charge is 0.271 e. The third-order valence-corrected chi connectivity index (χ3v) is 6.86. The zero-order valence-electron chi connectivity index (χ0n) is 16.8. The molecular formula is C20H27N5O3S. The van der Waals surface area contributed by atoms with Gasteiger partial charge in [-0.3, -0.25) is 9.69 Å². The molecule has 0 saturated carbocycles. The van der Waals surface area contributed by atoms with Crippen molar-refractivity contribution in [2.24, 2.45) is 0 Å². The van der Waals surface area contributed by atoms with Crippen LogP contribution in [0.4, 0.5) is 0 Å². The SMILES string of the molecule is Cc1nc(C(=O)N[C@]2(C)CCOC3(CCN(Cc4cncnc4)CC3)[C@H]2O)cs1. The van der Waals surface area contributed by atoms with E-state index in [1.54, 1.807) is 5.38 Å². The summed E-state index contributed by atoms with van der Waals surface area (Å²) in [7, 11) is 0. The summed E-state index contributed by atoms with van der Waals surface area (Å²) in [4.78, 5) is 27.4. The molecule has 2 aromatic heterocycles. The van der Waals surface area contributed by atoms with Crippen molar-refractivity contribution in [3.8, 4) is 0 Å². The predicted octanol–water partition coefficient (Wildman–Crippen LogP) is 1.55. The van der Waals surface area contributed by atoms with Gasteiger partial charge in [-0.05, 0) is 33.1 Å². The second kappa shape index (κ2) is 8.06. The van der Waals surface area contributed by atoms with Gasteiger partial charge in [0.15, 0.2) is 0 Å². The molecule has 156 valence electrons. The number of likely N-dealkylation sites (tertiary alicyclic amines) is 1. The minimum atomic E-state index is -0.783. The van der Waals surface area contributed by atoms with E-state index in [1.807, 2.05) is 26.2 Å². The van der Waals surface area contributed by atoms with Crippen molar-refractivity contribution in [3.05, 3.63) is 40.4 Å². The summed E-state index contributed by atoms with van der Waals surface area (Å²) in [5.41, 5.74) is 0.0927. The number of thiazole rings is 1. The summed E-state index contributed by atoms with van der Waals surface area (Å²) in [6, 6.07) is 0. The number of nitrogens with one attached hydrogen (secondary N) is 1. The molecule has 2 aliphatic rings. The van der Waals surface area contributed by atoms with Crippen molar-refractivity contribution < 1.29 is 14.6 Å². The van der Waals surface area contributed by atoms with Crippen LogP contribution in [0.2, 0.25) is 0 Å². The standard InChI is InChI=1S/C20H27N5O3S/c1-14-23-16(12-29-14)17(26)24-19(2)5-8-28-20(18(19)27)3-6-25(7-4-20)11-15-9-21-13-22-10-15/h9-10,12-13,18,27H,3-8,11H2,1-2H3,(H,24,26)/t18-,19+/m0/s1. The van der Waals surface area contributed by atoms with Gasteiger partial charge in [-0.25, -0.2) is 15.0 Å². The molecule has 4 heterocycles. The molecule has 2 aliphatic heterocycles.